The lowest BCUT2D eigenvalue weighted by Crippen LogP contribution is -2.07. The first-order valence-electron chi connectivity index (χ1n) is 7.04. The Morgan fingerprint density at radius 2 is 2.10 bits per heavy atom. The Balaban J connectivity index is 2.86. The van der Waals surface area contributed by atoms with Gasteiger partial charge in [0.05, 0.1) is 23.8 Å². The first kappa shape index (κ1) is 17.7. The Morgan fingerprint density at radius 3 is 2.67 bits per heavy atom. The molecular weight excluding hydrogens is 293 g/mol. The lowest BCUT2D eigenvalue weighted by Gasteiger charge is -2.20. The fraction of sp³-hybridized carbons (Fsp3) is 0.571. The normalized spacial score (nSPS) is 13.9. The predicted octanol–water partition coefficient (Wildman–Crippen LogP) is 4.64. The van der Waals surface area contributed by atoms with Crippen molar-refractivity contribution < 1.29 is 18.5 Å². The summed E-state index contributed by atoms with van der Waals surface area (Å²) in [7, 11) is -3.28. The molecule has 1 atom stereocenters. The van der Waals surface area contributed by atoms with Gasteiger partial charge < -0.3 is 4.52 Å². The second-order valence-electron chi connectivity index (χ2n) is 5.22. The van der Waals surface area contributed by atoms with Crippen LogP contribution in [0.5, 0.6) is 5.75 Å². The molecule has 0 N–H and O–H groups in total. The number of nitro benzene ring substituents is 1. The highest BCUT2D eigenvalue weighted by atomic mass is 31.2. The molecule has 0 spiro atoms. The molecule has 0 fully saturated rings. The van der Waals surface area contributed by atoms with Crippen LogP contribution in [0, 0.1) is 16.0 Å². The predicted molar refractivity (Wildman–Crippen MR) is 81.9 cm³/mol. The number of non-ortho nitro benzene ring substituents is 1. The molecule has 21 heavy (non-hydrogen) atoms. The molecule has 0 saturated heterocycles. The van der Waals surface area contributed by atoms with Crippen LogP contribution < -0.4 is 4.52 Å². The van der Waals surface area contributed by atoms with Crippen molar-refractivity contribution in [3.63, 3.8) is 0 Å². The lowest BCUT2D eigenvalue weighted by atomic mass is 10.2. The van der Waals surface area contributed by atoms with Crippen LogP contribution in [0.2, 0.25) is 0 Å². The molecule has 6 nitrogen and oxygen atoms in total. The molecule has 0 heterocycles. The average Bonchev–Trinajstić information content (AvgIpc) is 2.43. The van der Waals surface area contributed by atoms with Crippen molar-refractivity contribution in [3.8, 4) is 5.75 Å². The fourth-order valence-corrected chi connectivity index (χ4v) is 3.50. The summed E-state index contributed by atoms with van der Waals surface area (Å²) in [6.07, 6.45) is 1.89. The molecule has 1 aromatic carbocycles. The van der Waals surface area contributed by atoms with Crippen molar-refractivity contribution in [2.75, 3.05) is 12.8 Å². The SMILES string of the molecule is CCCCP(=O)(OCC(C)C)Oc1cccc([N+](=O)[O-])c1. The van der Waals surface area contributed by atoms with Gasteiger partial charge >= 0.3 is 7.60 Å². The van der Waals surface area contributed by atoms with Crippen LogP contribution in [-0.2, 0) is 9.09 Å². The molecule has 0 aliphatic heterocycles. The van der Waals surface area contributed by atoms with Gasteiger partial charge in [0.15, 0.2) is 0 Å². The van der Waals surface area contributed by atoms with Crippen LogP contribution in [0.4, 0.5) is 5.69 Å². The molecule has 0 aliphatic rings. The van der Waals surface area contributed by atoms with E-state index in [0.717, 1.165) is 6.42 Å². The van der Waals surface area contributed by atoms with Crippen LogP contribution in [0.1, 0.15) is 33.6 Å². The van der Waals surface area contributed by atoms with Gasteiger partial charge in [-0.15, -0.1) is 0 Å². The van der Waals surface area contributed by atoms with E-state index in [2.05, 4.69) is 0 Å². The van der Waals surface area contributed by atoms with Crippen LogP contribution in [-0.4, -0.2) is 17.7 Å². The van der Waals surface area contributed by atoms with Gasteiger partial charge in [-0.25, -0.2) is 4.57 Å². The smallest absolute Gasteiger partial charge is 0.379 e. The summed E-state index contributed by atoms with van der Waals surface area (Å²) in [4.78, 5) is 10.2. The van der Waals surface area contributed by atoms with Gasteiger partial charge in [-0.2, -0.15) is 0 Å². The Morgan fingerprint density at radius 1 is 1.38 bits per heavy atom. The second-order valence-corrected chi connectivity index (χ2v) is 7.33. The largest absolute Gasteiger partial charge is 0.424 e. The first-order chi connectivity index (χ1) is 9.86. The van der Waals surface area contributed by atoms with Crippen molar-refractivity contribution >= 4 is 13.3 Å². The summed E-state index contributed by atoms with van der Waals surface area (Å²) < 4.78 is 23.6. The zero-order valence-electron chi connectivity index (χ0n) is 12.7. The molecular formula is C14H22NO5P. The van der Waals surface area contributed by atoms with E-state index >= 15 is 0 Å². The topological polar surface area (TPSA) is 78.7 Å². The number of nitrogens with zero attached hydrogens (tertiary/aromatic N) is 1. The third kappa shape index (κ3) is 6.27. The standard InChI is InChI=1S/C14H22NO5P/c1-4-5-9-21(18,19-11-12(2)3)20-14-8-6-7-13(10-14)15(16)17/h6-8,10,12H,4-5,9,11H2,1-3H3. The molecule has 118 valence electrons. The van der Waals surface area contributed by atoms with E-state index in [1.165, 1.54) is 18.2 Å². The first-order valence-corrected chi connectivity index (χ1v) is 8.76. The number of hydrogen-bond acceptors (Lipinski definition) is 5. The summed E-state index contributed by atoms with van der Waals surface area (Å²) in [5.41, 5.74) is -0.0987. The van der Waals surface area contributed by atoms with Gasteiger partial charge in [0, 0.05) is 6.07 Å². The van der Waals surface area contributed by atoms with Gasteiger partial charge in [-0.3, -0.25) is 14.6 Å². The number of benzene rings is 1. The zero-order chi connectivity index (χ0) is 15.9. The highest BCUT2D eigenvalue weighted by Gasteiger charge is 2.26. The third-order valence-corrected chi connectivity index (χ3v) is 4.56. The number of unbranched alkanes of at least 4 members (excludes halogenated alkanes) is 1. The van der Waals surface area contributed by atoms with Gasteiger partial charge in [0.1, 0.15) is 5.75 Å². The molecule has 7 heteroatoms. The maximum atomic E-state index is 12.7. The molecule has 0 radical (unpaired) electrons. The van der Waals surface area contributed by atoms with Crippen molar-refractivity contribution in [3.05, 3.63) is 34.4 Å². The average molecular weight is 315 g/mol. The molecule has 0 saturated carbocycles. The van der Waals surface area contributed by atoms with Crippen molar-refractivity contribution in [2.45, 2.75) is 33.6 Å². The monoisotopic (exact) mass is 315 g/mol. The van der Waals surface area contributed by atoms with E-state index in [1.54, 1.807) is 6.07 Å². The van der Waals surface area contributed by atoms with Gasteiger partial charge in [0.25, 0.3) is 5.69 Å². The number of hydrogen-bond donors (Lipinski definition) is 0. The van der Waals surface area contributed by atoms with Gasteiger partial charge in [-0.05, 0) is 18.4 Å². The van der Waals surface area contributed by atoms with Crippen LogP contribution in [0.3, 0.4) is 0 Å². The highest BCUT2D eigenvalue weighted by molar-refractivity contribution is 7.54. The van der Waals surface area contributed by atoms with Crippen molar-refractivity contribution in [1.29, 1.82) is 0 Å². The van der Waals surface area contributed by atoms with E-state index in [0.29, 0.717) is 19.2 Å². The van der Waals surface area contributed by atoms with E-state index in [-0.39, 0.29) is 17.4 Å². The molecule has 0 amide bonds. The van der Waals surface area contributed by atoms with Crippen molar-refractivity contribution in [2.24, 2.45) is 5.92 Å². The van der Waals surface area contributed by atoms with E-state index in [1.807, 2.05) is 20.8 Å². The molecule has 1 aromatic rings. The molecule has 1 unspecified atom stereocenters. The van der Waals surface area contributed by atoms with Crippen LogP contribution in [0.15, 0.2) is 24.3 Å². The Bertz CT molecular complexity index is 518. The minimum atomic E-state index is -3.28. The van der Waals surface area contributed by atoms with Gasteiger partial charge in [0.2, 0.25) is 0 Å². The summed E-state index contributed by atoms with van der Waals surface area (Å²) in [6, 6.07) is 5.67. The summed E-state index contributed by atoms with van der Waals surface area (Å²) in [6.45, 7) is 6.23. The van der Waals surface area contributed by atoms with Crippen LogP contribution in [0.25, 0.3) is 0 Å². The summed E-state index contributed by atoms with van der Waals surface area (Å²) in [5.74, 6) is 0.432. The lowest BCUT2D eigenvalue weighted by molar-refractivity contribution is -0.384. The highest BCUT2D eigenvalue weighted by Crippen LogP contribution is 2.49. The summed E-state index contributed by atoms with van der Waals surface area (Å²) in [5, 5.41) is 10.8. The Kier molecular flexibility index (Phi) is 6.85. The molecule has 0 bridgehead atoms. The second kappa shape index (κ2) is 8.15. The van der Waals surface area contributed by atoms with E-state index in [4.69, 9.17) is 9.05 Å². The zero-order valence-corrected chi connectivity index (χ0v) is 13.5. The van der Waals surface area contributed by atoms with Crippen LogP contribution >= 0.6 is 7.60 Å². The van der Waals surface area contributed by atoms with E-state index < -0.39 is 12.5 Å². The molecule has 1 rings (SSSR count). The molecule has 0 aromatic heterocycles. The maximum absolute atomic E-state index is 12.7. The Labute approximate surface area is 125 Å². The quantitative estimate of drug-likeness (QED) is 0.377. The van der Waals surface area contributed by atoms with E-state index in [9.17, 15) is 14.7 Å². The maximum Gasteiger partial charge on any atom is 0.379 e. The fourth-order valence-electron chi connectivity index (χ4n) is 1.57. The number of nitro groups is 1. The van der Waals surface area contributed by atoms with Crippen molar-refractivity contribution in [1.82, 2.24) is 0 Å². The Hall–Kier alpha value is -1.39. The summed E-state index contributed by atoms with van der Waals surface area (Å²) >= 11 is 0. The minimum Gasteiger partial charge on any atom is -0.424 e. The minimum absolute atomic E-state index is 0.0987. The number of rotatable bonds is 9. The van der Waals surface area contributed by atoms with Gasteiger partial charge in [-0.1, -0.05) is 33.3 Å². The molecule has 0 aliphatic carbocycles. The third-order valence-electron chi connectivity index (χ3n) is 2.66.